The zero-order chi connectivity index (χ0) is 16.4. The Morgan fingerprint density at radius 3 is 2.48 bits per heavy atom. The fourth-order valence-electron chi connectivity index (χ4n) is 2.88. The molecule has 1 fully saturated rings. The van der Waals surface area contributed by atoms with E-state index in [1.54, 1.807) is 31.2 Å². The molecule has 0 radical (unpaired) electrons. The lowest BCUT2D eigenvalue weighted by molar-refractivity contribution is -0.130. The number of nitrogens with one attached hydrogen (secondary N) is 1. The van der Waals surface area contributed by atoms with E-state index in [-0.39, 0.29) is 23.6 Å². The number of amides is 1. The molecular weight excluding hydrogens is 298 g/mol. The molecule has 2 N–H and O–H groups in total. The van der Waals surface area contributed by atoms with Gasteiger partial charge in [-0.05, 0) is 30.5 Å². The Morgan fingerprint density at radius 1 is 1.26 bits per heavy atom. The molecule has 0 bridgehead atoms. The summed E-state index contributed by atoms with van der Waals surface area (Å²) in [6.07, 6.45) is 1.36. The number of carboxylic acids is 1. The molecule has 1 amide bonds. The smallest absolute Gasteiger partial charge is 0.335 e. The van der Waals surface area contributed by atoms with E-state index in [0.29, 0.717) is 5.90 Å². The van der Waals surface area contributed by atoms with Crippen LogP contribution in [-0.2, 0) is 9.63 Å². The summed E-state index contributed by atoms with van der Waals surface area (Å²) in [7, 11) is 0. The number of aromatic carboxylic acids is 1. The second-order valence-electron chi connectivity index (χ2n) is 5.80. The Hall–Kier alpha value is -2.41. The van der Waals surface area contributed by atoms with Crippen LogP contribution >= 0.6 is 0 Å². The van der Waals surface area contributed by atoms with Gasteiger partial charge in [0.15, 0.2) is 6.17 Å². The van der Waals surface area contributed by atoms with Crippen molar-refractivity contribution in [1.29, 1.82) is 0 Å². The van der Waals surface area contributed by atoms with Gasteiger partial charge in [0.05, 0.1) is 5.56 Å². The molecule has 0 saturated carbocycles. The van der Waals surface area contributed by atoms with Crippen molar-refractivity contribution in [2.45, 2.75) is 25.9 Å². The number of aliphatic imine (C=N–C) groups is 1. The molecule has 2 aliphatic rings. The molecule has 2 heterocycles. The second kappa shape index (κ2) is 6.37. The molecule has 122 valence electrons. The van der Waals surface area contributed by atoms with E-state index in [1.807, 2.05) is 4.90 Å². The largest absolute Gasteiger partial charge is 0.478 e. The lowest BCUT2D eigenvalue weighted by Gasteiger charge is -2.30. The molecule has 1 unspecified atom stereocenters. The fourth-order valence-corrected chi connectivity index (χ4v) is 2.88. The summed E-state index contributed by atoms with van der Waals surface area (Å²) < 4.78 is 0. The summed E-state index contributed by atoms with van der Waals surface area (Å²) in [6, 6.07) is 6.57. The zero-order valence-corrected chi connectivity index (χ0v) is 12.9. The van der Waals surface area contributed by atoms with Gasteiger partial charge in [0.2, 0.25) is 11.8 Å². The van der Waals surface area contributed by atoms with Crippen molar-refractivity contribution in [3.63, 3.8) is 0 Å². The van der Waals surface area contributed by atoms with Crippen LogP contribution in [0.3, 0.4) is 0 Å². The average molecular weight is 317 g/mol. The predicted octanol–water partition coefficient (Wildman–Crippen LogP) is 1.58. The molecule has 7 nitrogen and oxygen atoms in total. The highest BCUT2D eigenvalue weighted by Gasteiger charge is 2.30. The molecular formula is C16H19N3O4. The van der Waals surface area contributed by atoms with E-state index >= 15 is 0 Å². The first-order chi connectivity index (χ1) is 11.0. The van der Waals surface area contributed by atoms with Gasteiger partial charge in [0.1, 0.15) is 0 Å². The number of benzene rings is 1. The highest BCUT2D eigenvalue weighted by atomic mass is 16.7. The Morgan fingerprint density at radius 2 is 1.91 bits per heavy atom. The maximum Gasteiger partial charge on any atom is 0.335 e. The molecule has 0 spiro atoms. The van der Waals surface area contributed by atoms with Crippen LogP contribution in [0.25, 0.3) is 0 Å². The first-order valence-electron chi connectivity index (χ1n) is 7.63. The van der Waals surface area contributed by atoms with Gasteiger partial charge in [-0.25, -0.2) is 9.79 Å². The Kier molecular flexibility index (Phi) is 4.29. The van der Waals surface area contributed by atoms with Crippen LogP contribution in [0.1, 0.15) is 41.9 Å². The Bertz CT molecular complexity index is 633. The summed E-state index contributed by atoms with van der Waals surface area (Å²) >= 11 is 0. The normalized spacial score (nSPS) is 21.7. The van der Waals surface area contributed by atoms with Crippen molar-refractivity contribution in [3.8, 4) is 0 Å². The third kappa shape index (κ3) is 3.34. The van der Waals surface area contributed by atoms with Gasteiger partial charge in [0, 0.05) is 25.9 Å². The summed E-state index contributed by atoms with van der Waals surface area (Å²) in [6.45, 7) is 3.03. The van der Waals surface area contributed by atoms with Gasteiger partial charge in [-0.3, -0.25) is 4.79 Å². The molecule has 1 atom stereocenters. The maximum absolute atomic E-state index is 11.3. The van der Waals surface area contributed by atoms with Crippen molar-refractivity contribution in [2.24, 2.45) is 10.9 Å². The van der Waals surface area contributed by atoms with Gasteiger partial charge in [-0.1, -0.05) is 12.1 Å². The molecule has 7 heteroatoms. The monoisotopic (exact) mass is 317 g/mol. The van der Waals surface area contributed by atoms with Crippen molar-refractivity contribution < 1.29 is 19.5 Å². The van der Waals surface area contributed by atoms with Crippen molar-refractivity contribution in [3.05, 3.63) is 35.4 Å². The van der Waals surface area contributed by atoms with Crippen LogP contribution in [0.15, 0.2) is 29.3 Å². The van der Waals surface area contributed by atoms with E-state index in [2.05, 4.69) is 10.5 Å². The van der Waals surface area contributed by atoms with Gasteiger partial charge >= 0.3 is 5.97 Å². The number of carbonyl (C=O) groups is 2. The minimum atomic E-state index is -0.950. The van der Waals surface area contributed by atoms with Crippen LogP contribution in [0.5, 0.6) is 0 Å². The van der Waals surface area contributed by atoms with E-state index in [9.17, 15) is 9.59 Å². The van der Waals surface area contributed by atoms with Crippen molar-refractivity contribution in [1.82, 2.24) is 10.4 Å². The molecule has 0 aromatic heterocycles. The first-order valence-corrected chi connectivity index (χ1v) is 7.63. The number of hydroxylamine groups is 1. The molecule has 2 aliphatic heterocycles. The van der Waals surface area contributed by atoms with E-state index in [0.717, 1.165) is 31.5 Å². The quantitative estimate of drug-likeness (QED) is 0.883. The highest BCUT2D eigenvalue weighted by Crippen LogP contribution is 2.26. The number of likely N-dealkylation sites (tertiary alicyclic amines) is 1. The fraction of sp³-hybridized carbons (Fsp3) is 0.438. The summed E-state index contributed by atoms with van der Waals surface area (Å²) in [5.41, 5.74) is 3.97. The topological polar surface area (TPSA) is 91.2 Å². The van der Waals surface area contributed by atoms with E-state index in [4.69, 9.17) is 9.94 Å². The average Bonchev–Trinajstić information content (AvgIpc) is 3.05. The van der Waals surface area contributed by atoms with Gasteiger partial charge < -0.3 is 14.8 Å². The van der Waals surface area contributed by atoms with Crippen LogP contribution in [0.2, 0.25) is 0 Å². The lowest BCUT2D eigenvalue weighted by atomic mass is 9.96. The number of hydrogen-bond acceptors (Lipinski definition) is 5. The lowest BCUT2D eigenvalue weighted by Crippen LogP contribution is -2.39. The van der Waals surface area contributed by atoms with Crippen molar-refractivity contribution >= 4 is 17.8 Å². The number of nitrogens with zero attached hydrogens (tertiary/aromatic N) is 2. The minimum Gasteiger partial charge on any atom is -0.478 e. The number of carboxylic acid groups (broad SMARTS) is 1. The molecule has 1 saturated heterocycles. The third-order valence-corrected chi connectivity index (χ3v) is 4.29. The number of rotatable bonds is 3. The maximum atomic E-state index is 11.3. The predicted molar refractivity (Wildman–Crippen MR) is 82.8 cm³/mol. The summed E-state index contributed by atoms with van der Waals surface area (Å²) in [4.78, 5) is 34.1. The van der Waals surface area contributed by atoms with E-state index < -0.39 is 5.97 Å². The van der Waals surface area contributed by atoms with Crippen LogP contribution in [0, 0.1) is 5.92 Å². The third-order valence-electron chi connectivity index (χ3n) is 4.29. The molecule has 1 aromatic carbocycles. The van der Waals surface area contributed by atoms with Crippen LogP contribution in [0.4, 0.5) is 0 Å². The zero-order valence-electron chi connectivity index (χ0n) is 12.9. The number of carbonyl (C=O) groups excluding carboxylic acids is 1. The SMILES string of the molecule is CC(=O)N1CCC(C2=NC(c3ccc(C(=O)O)cc3)NO2)CC1. The van der Waals surface area contributed by atoms with Crippen LogP contribution in [-0.4, -0.2) is 40.9 Å². The molecule has 23 heavy (non-hydrogen) atoms. The highest BCUT2D eigenvalue weighted by molar-refractivity contribution is 5.87. The number of piperidine rings is 1. The molecule has 0 aliphatic carbocycles. The molecule has 3 rings (SSSR count). The second-order valence-corrected chi connectivity index (χ2v) is 5.80. The van der Waals surface area contributed by atoms with Gasteiger partial charge in [-0.2, -0.15) is 0 Å². The summed E-state index contributed by atoms with van der Waals surface area (Å²) in [5.74, 6) is 0.0303. The minimum absolute atomic E-state index is 0.104. The van der Waals surface area contributed by atoms with E-state index in [1.165, 1.54) is 0 Å². The summed E-state index contributed by atoms with van der Waals surface area (Å²) in [5, 5.41) is 8.92. The van der Waals surface area contributed by atoms with Gasteiger partial charge in [0.25, 0.3) is 0 Å². The van der Waals surface area contributed by atoms with Crippen molar-refractivity contribution in [2.75, 3.05) is 13.1 Å². The van der Waals surface area contributed by atoms with Gasteiger partial charge in [-0.15, -0.1) is 5.48 Å². The first kappa shape index (κ1) is 15.5. The Balaban J connectivity index is 1.64. The van der Waals surface area contributed by atoms with Crippen LogP contribution < -0.4 is 5.48 Å². The Labute approximate surface area is 133 Å². The molecule has 1 aromatic rings. The standard InChI is InChI=1S/C16H19N3O4/c1-10(20)19-8-6-12(7-9-19)15-17-14(18-23-15)11-2-4-13(5-3-11)16(21)22/h2-5,12,14,18H,6-9H2,1H3,(H,21,22). The number of hydrogen-bond donors (Lipinski definition) is 2.